The number of unbranched alkanes of at least 4 members (excludes halogenated alkanes) is 5. The first-order chi connectivity index (χ1) is 8.43. The lowest BCUT2D eigenvalue weighted by Crippen LogP contribution is -1.85. The maximum atomic E-state index is 4.43. The zero-order valence-electron chi connectivity index (χ0n) is 10.6. The van der Waals surface area contributed by atoms with Crippen LogP contribution in [-0.4, -0.2) is 12.8 Å². The molecule has 1 heteroatoms. The van der Waals surface area contributed by atoms with Gasteiger partial charge in [0.05, 0.1) is 0 Å². The van der Waals surface area contributed by atoms with Gasteiger partial charge in [-0.15, -0.1) is 6.58 Å². The molecule has 17 heavy (non-hydrogen) atoms. The van der Waals surface area contributed by atoms with Crippen molar-refractivity contribution in [2.45, 2.75) is 38.5 Å². The molecule has 0 aliphatic rings. The molecule has 0 unspecified atom stereocenters. The lowest BCUT2D eigenvalue weighted by Gasteiger charge is -1.98. The molecular formula is C16H23N. The zero-order valence-corrected chi connectivity index (χ0v) is 10.6. The first-order valence-electron chi connectivity index (χ1n) is 6.59. The van der Waals surface area contributed by atoms with Crippen molar-refractivity contribution in [3.8, 4) is 0 Å². The number of benzene rings is 1. The van der Waals surface area contributed by atoms with Gasteiger partial charge in [0.1, 0.15) is 0 Å². The molecule has 1 aromatic carbocycles. The second-order valence-electron chi connectivity index (χ2n) is 4.29. The van der Waals surface area contributed by atoms with Gasteiger partial charge in [-0.05, 0) is 24.8 Å². The minimum absolute atomic E-state index is 0.955. The van der Waals surface area contributed by atoms with Crippen LogP contribution in [0.15, 0.2) is 48.0 Å². The molecule has 1 nitrogen and oxygen atoms in total. The smallest absolute Gasteiger partial charge is 0.0389 e. The van der Waals surface area contributed by atoms with E-state index in [1.807, 2.05) is 30.5 Å². The average molecular weight is 229 g/mol. The van der Waals surface area contributed by atoms with Gasteiger partial charge >= 0.3 is 0 Å². The number of hydrogen-bond donors (Lipinski definition) is 0. The summed E-state index contributed by atoms with van der Waals surface area (Å²) in [6.07, 6.45) is 11.6. The predicted molar refractivity (Wildman–Crippen MR) is 76.8 cm³/mol. The molecule has 0 aliphatic heterocycles. The Bertz CT molecular complexity index is 314. The summed E-state index contributed by atoms with van der Waals surface area (Å²) in [6, 6.07) is 10.3. The Balaban J connectivity index is 1.97. The Kier molecular flexibility index (Phi) is 7.92. The molecule has 0 aliphatic carbocycles. The van der Waals surface area contributed by atoms with Crippen LogP contribution >= 0.6 is 0 Å². The normalized spacial score (nSPS) is 10.8. The first kappa shape index (κ1) is 13.7. The first-order valence-corrected chi connectivity index (χ1v) is 6.59. The van der Waals surface area contributed by atoms with Crippen molar-refractivity contribution in [1.29, 1.82) is 0 Å². The summed E-state index contributed by atoms with van der Waals surface area (Å²) in [6.45, 7) is 4.68. The quantitative estimate of drug-likeness (QED) is 0.332. The van der Waals surface area contributed by atoms with Gasteiger partial charge in [0, 0.05) is 12.8 Å². The molecule has 0 bridgehead atoms. The second kappa shape index (κ2) is 9.83. The van der Waals surface area contributed by atoms with Crippen molar-refractivity contribution in [3.05, 3.63) is 48.6 Å². The number of nitrogens with zero attached hydrogens (tertiary/aromatic N) is 1. The molecule has 0 radical (unpaired) electrons. The van der Waals surface area contributed by atoms with Gasteiger partial charge in [0.15, 0.2) is 0 Å². The van der Waals surface area contributed by atoms with Gasteiger partial charge in [-0.3, -0.25) is 4.99 Å². The zero-order chi connectivity index (χ0) is 12.2. The summed E-state index contributed by atoms with van der Waals surface area (Å²) < 4.78 is 0. The fourth-order valence-corrected chi connectivity index (χ4v) is 1.73. The van der Waals surface area contributed by atoms with Crippen LogP contribution in [0, 0.1) is 0 Å². The van der Waals surface area contributed by atoms with E-state index in [1.165, 1.54) is 37.7 Å². The summed E-state index contributed by atoms with van der Waals surface area (Å²) in [7, 11) is 0. The monoisotopic (exact) mass is 229 g/mol. The Morgan fingerprint density at radius 2 is 1.65 bits per heavy atom. The predicted octanol–water partition coefficient (Wildman–Crippen LogP) is 4.63. The van der Waals surface area contributed by atoms with Crippen LogP contribution in [0.1, 0.15) is 44.1 Å². The molecular weight excluding hydrogens is 206 g/mol. The highest BCUT2D eigenvalue weighted by atomic mass is 14.7. The van der Waals surface area contributed by atoms with E-state index in [9.17, 15) is 0 Å². The van der Waals surface area contributed by atoms with E-state index in [0.29, 0.717) is 0 Å². The van der Waals surface area contributed by atoms with Crippen LogP contribution in [0.25, 0.3) is 0 Å². The van der Waals surface area contributed by atoms with Crippen LogP contribution < -0.4 is 0 Å². The van der Waals surface area contributed by atoms with E-state index in [0.717, 1.165) is 13.0 Å². The number of rotatable bonds is 9. The molecule has 0 fully saturated rings. The lowest BCUT2D eigenvalue weighted by molar-refractivity contribution is 0.623. The highest BCUT2D eigenvalue weighted by Crippen LogP contribution is 2.05. The van der Waals surface area contributed by atoms with Gasteiger partial charge < -0.3 is 0 Å². The van der Waals surface area contributed by atoms with E-state index >= 15 is 0 Å². The van der Waals surface area contributed by atoms with E-state index in [-0.39, 0.29) is 0 Å². The Labute approximate surface area is 105 Å². The fourth-order valence-electron chi connectivity index (χ4n) is 1.73. The van der Waals surface area contributed by atoms with Crippen LogP contribution in [0.5, 0.6) is 0 Å². The maximum absolute atomic E-state index is 4.43. The van der Waals surface area contributed by atoms with Crippen molar-refractivity contribution in [3.63, 3.8) is 0 Å². The van der Waals surface area contributed by atoms with Gasteiger partial charge in [-0.25, -0.2) is 0 Å². The largest absolute Gasteiger partial charge is 0.293 e. The molecule has 0 heterocycles. The molecule has 1 aromatic rings. The summed E-state index contributed by atoms with van der Waals surface area (Å²) in [4.78, 5) is 4.43. The van der Waals surface area contributed by atoms with Gasteiger partial charge in [0.2, 0.25) is 0 Å². The summed E-state index contributed by atoms with van der Waals surface area (Å²) in [5.41, 5.74) is 1.19. The molecule has 0 N–H and O–H groups in total. The van der Waals surface area contributed by atoms with Gasteiger partial charge in [0.25, 0.3) is 0 Å². The molecule has 92 valence electrons. The maximum Gasteiger partial charge on any atom is 0.0389 e. The summed E-state index contributed by atoms with van der Waals surface area (Å²) in [5, 5.41) is 0. The highest BCUT2D eigenvalue weighted by molar-refractivity contribution is 5.79. The Hall–Kier alpha value is -1.37. The fraction of sp³-hybridized carbons (Fsp3) is 0.438. The third kappa shape index (κ3) is 7.51. The van der Waals surface area contributed by atoms with Crippen molar-refractivity contribution >= 4 is 6.21 Å². The van der Waals surface area contributed by atoms with Crippen LogP contribution in [0.4, 0.5) is 0 Å². The number of aliphatic imine (C=N–C) groups is 1. The molecule has 0 saturated carbocycles. The summed E-state index contributed by atoms with van der Waals surface area (Å²) >= 11 is 0. The number of allylic oxidation sites excluding steroid dienone is 1. The average Bonchev–Trinajstić information content (AvgIpc) is 2.38. The van der Waals surface area contributed by atoms with Crippen molar-refractivity contribution in [2.24, 2.45) is 4.99 Å². The molecule has 0 amide bonds. The third-order valence-electron chi connectivity index (χ3n) is 2.74. The topological polar surface area (TPSA) is 12.4 Å². The third-order valence-corrected chi connectivity index (χ3v) is 2.74. The van der Waals surface area contributed by atoms with Crippen LogP contribution in [0.2, 0.25) is 0 Å². The SMILES string of the molecule is C=CCCCCCCCN=Cc1ccccc1. The standard InChI is InChI=1S/C16H23N/c1-2-3-4-5-6-7-11-14-17-15-16-12-9-8-10-13-16/h2,8-10,12-13,15H,1,3-7,11,14H2. The van der Waals surface area contributed by atoms with Crippen LogP contribution in [0.3, 0.4) is 0 Å². The highest BCUT2D eigenvalue weighted by Gasteiger charge is 1.89. The minimum atomic E-state index is 0.955. The van der Waals surface area contributed by atoms with Crippen molar-refractivity contribution < 1.29 is 0 Å². The molecule has 0 saturated heterocycles. The molecule has 0 spiro atoms. The van der Waals surface area contributed by atoms with E-state index in [1.54, 1.807) is 0 Å². The van der Waals surface area contributed by atoms with Gasteiger partial charge in [-0.2, -0.15) is 0 Å². The molecule has 0 aromatic heterocycles. The van der Waals surface area contributed by atoms with E-state index in [4.69, 9.17) is 0 Å². The van der Waals surface area contributed by atoms with E-state index in [2.05, 4.69) is 23.7 Å². The van der Waals surface area contributed by atoms with Crippen LogP contribution in [-0.2, 0) is 0 Å². The Morgan fingerprint density at radius 3 is 2.41 bits per heavy atom. The molecule has 0 atom stereocenters. The van der Waals surface area contributed by atoms with Crippen molar-refractivity contribution in [2.75, 3.05) is 6.54 Å². The Morgan fingerprint density at radius 1 is 0.941 bits per heavy atom. The van der Waals surface area contributed by atoms with Gasteiger partial charge in [-0.1, -0.05) is 55.7 Å². The minimum Gasteiger partial charge on any atom is -0.293 e. The molecule has 1 rings (SSSR count). The van der Waals surface area contributed by atoms with E-state index < -0.39 is 0 Å². The summed E-state index contributed by atoms with van der Waals surface area (Å²) in [5.74, 6) is 0. The second-order valence-corrected chi connectivity index (χ2v) is 4.29. The number of hydrogen-bond acceptors (Lipinski definition) is 1. The van der Waals surface area contributed by atoms with Crippen molar-refractivity contribution in [1.82, 2.24) is 0 Å². The lowest BCUT2D eigenvalue weighted by atomic mass is 10.1.